The van der Waals surface area contributed by atoms with Crippen molar-refractivity contribution >= 4 is 24.3 Å². The molecular weight excluding hydrogens is 352 g/mol. The summed E-state index contributed by atoms with van der Waals surface area (Å²) in [5, 5.41) is 6.20. The SMILES string of the molecule is Cl.NC1(C(=O)N2CCC(NC(=O)NC3CCCCC3)CC2)CCCCC1. The average Bonchev–Trinajstić information content (AvgIpc) is 2.63. The molecule has 26 heavy (non-hydrogen) atoms. The van der Waals surface area contributed by atoms with Crippen molar-refractivity contribution in [3.05, 3.63) is 0 Å². The van der Waals surface area contributed by atoms with Gasteiger partial charge in [-0.25, -0.2) is 4.79 Å². The van der Waals surface area contributed by atoms with Gasteiger partial charge in [0.2, 0.25) is 5.91 Å². The van der Waals surface area contributed by atoms with E-state index in [1.807, 2.05) is 4.90 Å². The molecule has 0 aromatic carbocycles. The van der Waals surface area contributed by atoms with Crippen LogP contribution in [0.15, 0.2) is 0 Å². The smallest absolute Gasteiger partial charge is 0.315 e. The van der Waals surface area contributed by atoms with Gasteiger partial charge < -0.3 is 21.3 Å². The summed E-state index contributed by atoms with van der Waals surface area (Å²) in [5.74, 6) is 0.123. The van der Waals surface area contributed by atoms with E-state index in [1.54, 1.807) is 0 Å². The molecule has 1 aliphatic heterocycles. The van der Waals surface area contributed by atoms with Crippen LogP contribution in [0.2, 0.25) is 0 Å². The van der Waals surface area contributed by atoms with E-state index in [0.29, 0.717) is 19.1 Å². The molecule has 0 bridgehead atoms. The molecular formula is C19H35ClN4O2. The van der Waals surface area contributed by atoms with Crippen LogP contribution in [0.4, 0.5) is 4.79 Å². The van der Waals surface area contributed by atoms with Crippen molar-refractivity contribution in [2.45, 2.75) is 94.7 Å². The first-order valence-corrected chi connectivity index (χ1v) is 10.2. The third-order valence-corrected chi connectivity index (χ3v) is 6.23. The summed E-state index contributed by atoms with van der Waals surface area (Å²) < 4.78 is 0. The average molecular weight is 387 g/mol. The van der Waals surface area contributed by atoms with Gasteiger partial charge in [-0.1, -0.05) is 38.5 Å². The van der Waals surface area contributed by atoms with Crippen LogP contribution in [0.5, 0.6) is 0 Å². The Morgan fingerprint density at radius 2 is 1.31 bits per heavy atom. The van der Waals surface area contributed by atoms with E-state index >= 15 is 0 Å². The lowest BCUT2D eigenvalue weighted by Crippen LogP contribution is -2.59. The predicted molar refractivity (Wildman–Crippen MR) is 105 cm³/mol. The second-order valence-electron chi connectivity index (χ2n) is 8.24. The van der Waals surface area contributed by atoms with Crippen molar-refractivity contribution in [2.24, 2.45) is 5.73 Å². The number of carbonyl (C=O) groups excluding carboxylic acids is 2. The molecule has 0 unspecified atom stereocenters. The van der Waals surface area contributed by atoms with E-state index < -0.39 is 5.54 Å². The molecule has 1 heterocycles. The van der Waals surface area contributed by atoms with Gasteiger partial charge in [-0.2, -0.15) is 0 Å². The van der Waals surface area contributed by atoms with Crippen LogP contribution in [0.1, 0.15) is 77.0 Å². The monoisotopic (exact) mass is 386 g/mol. The van der Waals surface area contributed by atoms with Crippen molar-refractivity contribution < 1.29 is 9.59 Å². The van der Waals surface area contributed by atoms with Crippen LogP contribution in [-0.2, 0) is 4.79 Å². The molecule has 0 spiro atoms. The van der Waals surface area contributed by atoms with Crippen LogP contribution in [0.3, 0.4) is 0 Å². The molecule has 0 radical (unpaired) electrons. The van der Waals surface area contributed by atoms with Gasteiger partial charge in [0.25, 0.3) is 0 Å². The number of nitrogens with one attached hydrogen (secondary N) is 2. The number of halogens is 1. The van der Waals surface area contributed by atoms with E-state index in [9.17, 15) is 9.59 Å². The maximum absolute atomic E-state index is 12.8. The summed E-state index contributed by atoms with van der Waals surface area (Å²) in [7, 11) is 0. The second kappa shape index (κ2) is 9.79. The number of hydrogen-bond donors (Lipinski definition) is 3. The Morgan fingerprint density at radius 1 is 0.808 bits per heavy atom. The molecule has 4 N–H and O–H groups in total. The normalized spacial score (nSPS) is 24.4. The van der Waals surface area contributed by atoms with Crippen molar-refractivity contribution in [3.8, 4) is 0 Å². The van der Waals surface area contributed by atoms with Crippen molar-refractivity contribution in [3.63, 3.8) is 0 Å². The fourth-order valence-corrected chi connectivity index (χ4v) is 4.60. The van der Waals surface area contributed by atoms with Crippen LogP contribution >= 0.6 is 12.4 Å². The topological polar surface area (TPSA) is 87.5 Å². The van der Waals surface area contributed by atoms with Crippen LogP contribution in [0.25, 0.3) is 0 Å². The molecule has 7 heteroatoms. The first kappa shape index (κ1) is 21.3. The van der Waals surface area contributed by atoms with Gasteiger partial charge >= 0.3 is 6.03 Å². The molecule has 3 fully saturated rings. The fourth-order valence-electron chi connectivity index (χ4n) is 4.60. The first-order chi connectivity index (χ1) is 12.1. The number of urea groups is 1. The van der Waals surface area contributed by atoms with Gasteiger partial charge in [0.05, 0.1) is 5.54 Å². The quantitative estimate of drug-likeness (QED) is 0.696. The summed E-state index contributed by atoms with van der Waals surface area (Å²) in [4.78, 5) is 26.9. The van der Waals surface area contributed by atoms with Crippen LogP contribution in [0, 0.1) is 0 Å². The summed E-state index contributed by atoms with van der Waals surface area (Å²) in [6.45, 7) is 1.40. The molecule has 2 aliphatic carbocycles. The number of piperidine rings is 1. The lowest BCUT2D eigenvalue weighted by molar-refractivity contribution is -0.139. The second-order valence-corrected chi connectivity index (χ2v) is 8.24. The Bertz CT molecular complexity index is 468. The number of carbonyl (C=O) groups is 2. The Morgan fingerprint density at radius 3 is 1.88 bits per heavy atom. The van der Waals surface area contributed by atoms with Crippen molar-refractivity contribution in [1.82, 2.24) is 15.5 Å². The van der Waals surface area contributed by atoms with E-state index in [-0.39, 0.29) is 30.4 Å². The zero-order chi connectivity index (χ0) is 17.7. The number of likely N-dealkylation sites (tertiary alicyclic amines) is 1. The predicted octanol–water partition coefficient (Wildman–Crippen LogP) is 2.69. The van der Waals surface area contributed by atoms with Gasteiger partial charge in [-0.15, -0.1) is 12.4 Å². The van der Waals surface area contributed by atoms with Crippen molar-refractivity contribution in [2.75, 3.05) is 13.1 Å². The lowest BCUT2D eigenvalue weighted by Gasteiger charge is -2.40. The number of hydrogen-bond acceptors (Lipinski definition) is 3. The molecule has 2 saturated carbocycles. The molecule has 0 atom stereocenters. The van der Waals surface area contributed by atoms with E-state index in [4.69, 9.17) is 5.73 Å². The highest BCUT2D eigenvalue weighted by Gasteiger charge is 2.39. The number of nitrogens with two attached hydrogens (primary N) is 1. The molecule has 0 aromatic heterocycles. The van der Waals surface area contributed by atoms with Gasteiger partial charge in [-0.3, -0.25) is 4.79 Å². The third-order valence-electron chi connectivity index (χ3n) is 6.23. The van der Waals surface area contributed by atoms with E-state index in [1.165, 1.54) is 25.7 Å². The maximum atomic E-state index is 12.8. The summed E-state index contributed by atoms with van der Waals surface area (Å²) >= 11 is 0. The Hall–Kier alpha value is -1.01. The number of amides is 3. The van der Waals surface area contributed by atoms with Crippen LogP contribution < -0.4 is 16.4 Å². The molecule has 1 saturated heterocycles. The maximum Gasteiger partial charge on any atom is 0.315 e. The van der Waals surface area contributed by atoms with Gasteiger partial charge in [0.15, 0.2) is 0 Å². The minimum atomic E-state index is -0.642. The highest BCUT2D eigenvalue weighted by atomic mass is 35.5. The minimum Gasteiger partial charge on any atom is -0.341 e. The van der Waals surface area contributed by atoms with Gasteiger partial charge in [0.1, 0.15) is 0 Å². The van der Waals surface area contributed by atoms with Crippen molar-refractivity contribution in [1.29, 1.82) is 0 Å². The molecule has 6 nitrogen and oxygen atoms in total. The molecule has 3 aliphatic rings. The highest BCUT2D eigenvalue weighted by Crippen LogP contribution is 2.28. The molecule has 150 valence electrons. The Labute approximate surface area is 163 Å². The molecule has 0 aromatic rings. The van der Waals surface area contributed by atoms with E-state index in [2.05, 4.69) is 10.6 Å². The zero-order valence-electron chi connectivity index (χ0n) is 15.8. The number of nitrogens with zero attached hydrogens (tertiary/aromatic N) is 1. The Kier molecular flexibility index (Phi) is 8.02. The van der Waals surface area contributed by atoms with Gasteiger partial charge in [0, 0.05) is 25.2 Å². The zero-order valence-corrected chi connectivity index (χ0v) is 16.6. The first-order valence-electron chi connectivity index (χ1n) is 10.2. The molecule has 3 rings (SSSR count). The number of rotatable bonds is 3. The third kappa shape index (κ3) is 5.49. The van der Waals surface area contributed by atoms with Crippen LogP contribution in [-0.4, -0.2) is 47.6 Å². The minimum absolute atomic E-state index is 0. The summed E-state index contributed by atoms with van der Waals surface area (Å²) in [6, 6.07) is 0.450. The fraction of sp³-hybridized carbons (Fsp3) is 0.895. The largest absolute Gasteiger partial charge is 0.341 e. The standard InChI is InChI=1S/C19H34N4O2.ClH/c20-19(11-5-2-6-12-19)17(24)23-13-9-16(10-14-23)22-18(25)21-15-7-3-1-4-8-15;/h15-16H,1-14,20H2,(H2,21,22,25);1H. The lowest BCUT2D eigenvalue weighted by atomic mass is 9.81. The van der Waals surface area contributed by atoms with Gasteiger partial charge in [-0.05, 0) is 38.5 Å². The summed E-state index contributed by atoms with van der Waals surface area (Å²) in [5.41, 5.74) is 5.74. The van der Waals surface area contributed by atoms with E-state index in [0.717, 1.165) is 51.4 Å². The highest BCUT2D eigenvalue weighted by molar-refractivity contribution is 5.86. The molecule has 3 amide bonds. The Balaban J connectivity index is 0.00000243. The summed E-state index contributed by atoms with van der Waals surface area (Å²) in [6.07, 6.45) is 12.5.